The molecule has 3 rings (SSSR count). The number of hydrogen-bond acceptors (Lipinski definition) is 3. The highest BCUT2D eigenvalue weighted by Gasteiger charge is 2.29. The Morgan fingerprint density at radius 3 is 2.43 bits per heavy atom. The molecule has 1 aromatic rings. The molecule has 0 spiro atoms. The van der Waals surface area contributed by atoms with E-state index < -0.39 is 0 Å². The number of likely N-dealkylation sites (tertiary alicyclic amines) is 1. The predicted octanol–water partition coefficient (Wildman–Crippen LogP) is 3.76. The number of halogens is 1. The quantitative estimate of drug-likeness (QED) is 0.741. The molecule has 0 radical (unpaired) electrons. The van der Waals surface area contributed by atoms with Gasteiger partial charge in [-0.1, -0.05) is 12.1 Å². The molecule has 2 atom stereocenters. The van der Waals surface area contributed by atoms with Crippen molar-refractivity contribution >= 4 is 5.91 Å². The van der Waals surface area contributed by atoms with Gasteiger partial charge < -0.3 is 9.80 Å². The van der Waals surface area contributed by atoms with Gasteiger partial charge in [-0.2, -0.15) is 0 Å². The molecular formula is C23H36FN3O. The van der Waals surface area contributed by atoms with Gasteiger partial charge in [-0.05, 0) is 83.2 Å². The fourth-order valence-corrected chi connectivity index (χ4v) is 4.65. The molecule has 2 heterocycles. The molecule has 0 aliphatic carbocycles. The average molecular weight is 390 g/mol. The van der Waals surface area contributed by atoms with E-state index in [0.717, 1.165) is 24.6 Å². The summed E-state index contributed by atoms with van der Waals surface area (Å²) in [6.07, 6.45) is 5.07. The smallest absolute Gasteiger partial charge is 0.237 e. The van der Waals surface area contributed by atoms with Gasteiger partial charge in [-0.3, -0.25) is 9.69 Å². The van der Waals surface area contributed by atoms with Crippen molar-refractivity contribution in [1.29, 1.82) is 0 Å². The minimum Gasteiger partial charge on any atom is -0.336 e. The van der Waals surface area contributed by atoms with E-state index in [-0.39, 0.29) is 11.7 Å². The Morgan fingerprint density at radius 2 is 1.75 bits per heavy atom. The number of nitrogens with zero attached hydrogens (tertiary/aromatic N) is 3. The molecule has 0 N–H and O–H groups in total. The number of benzene rings is 1. The fourth-order valence-electron chi connectivity index (χ4n) is 4.65. The molecular weight excluding hydrogens is 353 g/mol. The first-order valence-corrected chi connectivity index (χ1v) is 10.9. The summed E-state index contributed by atoms with van der Waals surface area (Å²) < 4.78 is 13.1. The van der Waals surface area contributed by atoms with Crippen LogP contribution in [0.15, 0.2) is 24.3 Å². The summed E-state index contributed by atoms with van der Waals surface area (Å²) in [6, 6.07) is 7.56. The van der Waals surface area contributed by atoms with Crippen molar-refractivity contribution in [3.8, 4) is 0 Å². The lowest BCUT2D eigenvalue weighted by atomic mass is 9.92. The standard InChI is InChI=1S/C23H36FN3O/c1-18(2)25-11-4-5-20(10-12-25)15-19(3)26-13-14-27(23(28)17-26)16-21-6-8-22(24)9-7-21/h6-9,18-20H,4-5,10-17H2,1-3H3. The van der Waals surface area contributed by atoms with Gasteiger partial charge in [-0.15, -0.1) is 0 Å². The Balaban J connectivity index is 1.46. The van der Waals surface area contributed by atoms with Crippen LogP contribution in [0.25, 0.3) is 0 Å². The lowest BCUT2D eigenvalue weighted by molar-refractivity contribution is -0.137. The molecule has 156 valence electrons. The minimum absolute atomic E-state index is 0.189. The molecule has 0 saturated carbocycles. The van der Waals surface area contributed by atoms with Crippen molar-refractivity contribution in [3.05, 3.63) is 35.6 Å². The summed E-state index contributed by atoms with van der Waals surface area (Å²) in [4.78, 5) is 19.5. The zero-order valence-corrected chi connectivity index (χ0v) is 17.7. The Morgan fingerprint density at radius 1 is 1.00 bits per heavy atom. The number of rotatable bonds is 6. The Kier molecular flexibility index (Phi) is 7.47. The second-order valence-electron chi connectivity index (χ2n) is 8.92. The molecule has 2 aliphatic rings. The van der Waals surface area contributed by atoms with Crippen molar-refractivity contribution in [2.45, 2.75) is 65.1 Å². The zero-order valence-electron chi connectivity index (χ0n) is 17.7. The van der Waals surface area contributed by atoms with Gasteiger partial charge in [0.1, 0.15) is 5.82 Å². The van der Waals surface area contributed by atoms with Gasteiger partial charge in [0.05, 0.1) is 6.54 Å². The van der Waals surface area contributed by atoms with Gasteiger partial charge in [0, 0.05) is 31.7 Å². The van der Waals surface area contributed by atoms with Crippen molar-refractivity contribution < 1.29 is 9.18 Å². The highest BCUT2D eigenvalue weighted by atomic mass is 19.1. The van der Waals surface area contributed by atoms with Gasteiger partial charge in [0.25, 0.3) is 0 Å². The first-order chi connectivity index (χ1) is 13.4. The van der Waals surface area contributed by atoms with E-state index >= 15 is 0 Å². The summed E-state index contributed by atoms with van der Waals surface area (Å²) in [7, 11) is 0. The van der Waals surface area contributed by atoms with E-state index in [0.29, 0.717) is 25.2 Å². The third-order valence-electron chi connectivity index (χ3n) is 6.55. The number of piperazine rings is 1. The summed E-state index contributed by atoms with van der Waals surface area (Å²) >= 11 is 0. The van der Waals surface area contributed by atoms with Crippen LogP contribution >= 0.6 is 0 Å². The lowest BCUT2D eigenvalue weighted by Gasteiger charge is -2.38. The molecule has 1 aromatic carbocycles. The SMILES string of the molecule is CC(C)N1CCCC(CC(C)N2CCN(Cc3ccc(F)cc3)C(=O)C2)CC1. The van der Waals surface area contributed by atoms with E-state index in [4.69, 9.17) is 0 Å². The number of carbonyl (C=O) groups is 1. The molecule has 2 aliphatic heterocycles. The molecule has 0 aromatic heterocycles. The molecule has 2 unspecified atom stereocenters. The number of carbonyl (C=O) groups excluding carboxylic acids is 1. The lowest BCUT2D eigenvalue weighted by Crippen LogP contribution is -2.52. The van der Waals surface area contributed by atoms with E-state index in [1.807, 2.05) is 4.90 Å². The summed E-state index contributed by atoms with van der Waals surface area (Å²) in [5.74, 6) is 0.726. The number of amides is 1. The summed E-state index contributed by atoms with van der Waals surface area (Å²) in [5, 5.41) is 0. The fraction of sp³-hybridized carbons (Fsp3) is 0.696. The number of hydrogen-bond donors (Lipinski definition) is 0. The molecule has 2 saturated heterocycles. The van der Waals surface area contributed by atoms with Crippen LogP contribution in [0.2, 0.25) is 0 Å². The maximum atomic E-state index is 13.1. The molecule has 0 bridgehead atoms. The third kappa shape index (κ3) is 5.77. The monoisotopic (exact) mass is 389 g/mol. The van der Waals surface area contributed by atoms with Crippen molar-refractivity contribution in [2.24, 2.45) is 5.92 Å². The molecule has 4 nitrogen and oxygen atoms in total. The van der Waals surface area contributed by atoms with E-state index in [1.54, 1.807) is 12.1 Å². The largest absolute Gasteiger partial charge is 0.336 e. The predicted molar refractivity (Wildman–Crippen MR) is 112 cm³/mol. The van der Waals surface area contributed by atoms with Crippen molar-refractivity contribution in [3.63, 3.8) is 0 Å². The first-order valence-electron chi connectivity index (χ1n) is 10.9. The zero-order chi connectivity index (χ0) is 20.1. The molecule has 5 heteroatoms. The van der Waals surface area contributed by atoms with Crippen LogP contribution in [0.4, 0.5) is 4.39 Å². The molecule has 28 heavy (non-hydrogen) atoms. The second-order valence-corrected chi connectivity index (χ2v) is 8.92. The van der Waals surface area contributed by atoms with Crippen LogP contribution in [0.5, 0.6) is 0 Å². The van der Waals surface area contributed by atoms with Crippen LogP contribution in [-0.4, -0.2) is 65.4 Å². The Bertz CT molecular complexity index is 633. The second kappa shape index (κ2) is 9.84. The Hall–Kier alpha value is -1.46. The summed E-state index contributed by atoms with van der Waals surface area (Å²) in [5.41, 5.74) is 0.990. The normalized spacial score (nSPS) is 23.8. The van der Waals surface area contributed by atoms with E-state index in [2.05, 4.69) is 30.6 Å². The molecule has 1 amide bonds. The summed E-state index contributed by atoms with van der Waals surface area (Å²) in [6.45, 7) is 12.1. The van der Waals surface area contributed by atoms with Crippen molar-refractivity contribution in [1.82, 2.24) is 14.7 Å². The van der Waals surface area contributed by atoms with Crippen LogP contribution in [0.3, 0.4) is 0 Å². The topological polar surface area (TPSA) is 26.8 Å². The molecule has 2 fully saturated rings. The minimum atomic E-state index is -0.233. The van der Waals surface area contributed by atoms with Gasteiger partial charge >= 0.3 is 0 Å². The van der Waals surface area contributed by atoms with Crippen molar-refractivity contribution in [2.75, 3.05) is 32.7 Å². The van der Waals surface area contributed by atoms with Gasteiger partial charge in [0.2, 0.25) is 5.91 Å². The first kappa shape index (κ1) is 21.3. The van der Waals surface area contributed by atoms with Gasteiger partial charge in [0.15, 0.2) is 0 Å². The van der Waals surface area contributed by atoms with Gasteiger partial charge in [-0.25, -0.2) is 4.39 Å². The Labute approximate surface area is 169 Å². The van der Waals surface area contributed by atoms with E-state index in [1.165, 1.54) is 50.9 Å². The van der Waals surface area contributed by atoms with Crippen LogP contribution in [0.1, 0.15) is 52.0 Å². The van der Waals surface area contributed by atoms with Crippen LogP contribution in [0, 0.1) is 11.7 Å². The highest BCUT2D eigenvalue weighted by molar-refractivity contribution is 5.79. The van der Waals surface area contributed by atoms with E-state index in [9.17, 15) is 9.18 Å². The maximum Gasteiger partial charge on any atom is 0.237 e. The van der Waals surface area contributed by atoms with Crippen LogP contribution in [-0.2, 0) is 11.3 Å². The van der Waals surface area contributed by atoms with Crippen LogP contribution < -0.4 is 0 Å². The maximum absolute atomic E-state index is 13.1. The average Bonchev–Trinajstić information content (AvgIpc) is 2.91. The third-order valence-corrected chi connectivity index (χ3v) is 6.55. The highest BCUT2D eigenvalue weighted by Crippen LogP contribution is 2.25.